The Balaban J connectivity index is 2.33. The van der Waals surface area contributed by atoms with Crippen LogP contribution in [-0.2, 0) is 0 Å². The van der Waals surface area contributed by atoms with Crippen molar-refractivity contribution in [3.8, 4) is 0 Å². The normalized spacial score (nSPS) is 11.3. The van der Waals surface area contributed by atoms with E-state index in [1.165, 1.54) is 29.6 Å². The van der Waals surface area contributed by atoms with Gasteiger partial charge in [-0.2, -0.15) is 5.10 Å². The van der Waals surface area contributed by atoms with Crippen LogP contribution in [0.25, 0.3) is 0 Å². The van der Waals surface area contributed by atoms with Crippen molar-refractivity contribution in [3.05, 3.63) is 52.1 Å². The van der Waals surface area contributed by atoms with Crippen LogP contribution in [0.15, 0.2) is 36.0 Å². The smallest absolute Gasteiger partial charge is 0.258 e. The summed E-state index contributed by atoms with van der Waals surface area (Å²) in [4.78, 5) is 10.7. The van der Waals surface area contributed by atoms with Gasteiger partial charge in [-0.3, -0.25) is 10.1 Å². The minimum Gasteiger partial charge on any atom is -0.258 e. The van der Waals surface area contributed by atoms with Gasteiger partial charge in [0.05, 0.1) is 11.1 Å². The maximum Gasteiger partial charge on any atom is 0.273 e. The van der Waals surface area contributed by atoms with Crippen LogP contribution in [0.2, 0.25) is 0 Å². The van der Waals surface area contributed by atoms with Crippen LogP contribution in [-0.4, -0.2) is 26.0 Å². The molecule has 0 atom stereocenters. The largest absolute Gasteiger partial charge is 0.273 e. The van der Waals surface area contributed by atoms with Gasteiger partial charge in [-0.15, -0.1) is 10.2 Å². The minimum atomic E-state index is -0.370. The molecule has 1 aromatic carbocycles. The zero-order chi connectivity index (χ0) is 13.8. The molecule has 0 saturated carbocycles. The van der Waals surface area contributed by atoms with Crippen molar-refractivity contribution in [2.45, 2.75) is 19.8 Å². The summed E-state index contributed by atoms with van der Waals surface area (Å²) in [5.41, 5.74) is 1.49. The number of hydrogen-bond acceptors (Lipinski definition) is 5. The molecule has 0 radical (unpaired) electrons. The van der Waals surface area contributed by atoms with Crippen molar-refractivity contribution in [1.29, 1.82) is 0 Å². The number of benzene rings is 1. The highest BCUT2D eigenvalue weighted by Gasteiger charge is 2.16. The van der Waals surface area contributed by atoms with E-state index in [2.05, 4.69) is 15.3 Å². The predicted octanol–water partition coefficient (Wildman–Crippen LogP) is 2.19. The van der Waals surface area contributed by atoms with Gasteiger partial charge in [0.2, 0.25) is 0 Å². The Labute approximate surface area is 109 Å². The van der Waals surface area contributed by atoms with Gasteiger partial charge in [-0.25, -0.2) is 4.68 Å². The summed E-state index contributed by atoms with van der Waals surface area (Å²) < 4.78 is 1.42. The van der Waals surface area contributed by atoms with Crippen LogP contribution in [0.3, 0.4) is 0 Å². The Morgan fingerprint density at radius 2 is 2.05 bits per heavy atom. The molecule has 0 amide bonds. The van der Waals surface area contributed by atoms with Gasteiger partial charge in [0, 0.05) is 17.2 Å². The first-order valence-corrected chi connectivity index (χ1v) is 5.75. The highest BCUT2D eigenvalue weighted by molar-refractivity contribution is 5.81. The molecule has 0 aliphatic carbocycles. The van der Waals surface area contributed by atoms with Gasteiger partial charge in [0.1, 0.15) is 12.7 Å². The fourth-order valence-electron chi connectivity index (χ4n) is 1.68. The second-order valence-electron chi connectivity index (χ2n) is 4.32. The molecule has 0 fully saturated rings. The number of rotatable bonds is 4. The molecule has 0 N–H and O–H groups in total. The average molecular weight is 259 g/mol. The van der Waals surface area contributed by atoms with Crippen molar-refractivity contribution < 1.29 is 4.92 Å². The molecule has 0 bridgehead atoms. The number of nitrogens with zero attached hydrogens (tertiary/aromatic N) is 5. The Hall–Kier alpha value is -2.57. The van der Waals surface area contributed by atoms with Crippen LogP contribution < -0.4 is 0 Å². The zero-order valence-electron chi connectivity index (χ0n) is 10.6. The van der Waals surface area contributed by atoms with Crippen molar-refractivity contribution in [2.75, 3.05) is 0 Å². The lowest BCUT2D eigenvalue weighted by Gasteiger charge is -2.06. The Kier molecular flexibility index (Phi) is 3.65. The predicted molar refractivity (Wildman–Crippen MR) is 70.2 cm³/mol. The molecular formula is C12H13N5O2. The summed E-state index contributed by atoms with van der Waals surface area (Å²) in [7, 11) is 0. The molecule has 1 heterocycles. The van der Waals surface area contributed by atoms with Gasteiger partial charge in [-0.05, 0) is 5.92 Å². The van der Waals surface area contributed by atoms with Crippen molar-refractivity contribution in [3.63, 3.8) is 0 Å². The van der Waals surface area contributed by atoms with Gasteiger partial charge in [-0.1, -0.05) is 26.0 Å². The van der Waals surface area contributed by atoms with Crippen molar-refractivity contribution in [1.82, 2.24) is 14.9 Å². The van der Waals surface area contributed by atoms with E-state index >= 15 is 0 Å². The summed E-state index contributed by atoms with van der Waals surface area (Å²) in [6.45, 7) is 3.85. The molecule has 0 unspecified atom stereocenters. The maximum absolute atomic E-state index is 11.0. The van der Waals surface area contributed by atoms with Gasteiger partial charge >= 0.3 is 0 Å². The quantitative estimate of drug-likeness (QED) is 0.478. The molecule has 7 heteroatoms. The SMILES string of the molecule is CC(C)c1ccc(C=Nn2cnnc2)cc1[N+](=O)[O-]. The lowest BCUT2D eigenvalue weighted by Crippen LogP contribution is -1.99. The van der Waals surface area contributed by atoms with E-state index in [9.17, 15) is 10.1 Å². The van der Waals surface area contributed by atoms with Crippen LogP contribution in [0.5, 0.6) is 0 Å². The first-order chi connectivity index (χ1) is 9.08. The maximum atomic E-state index is 11.0. The van der Waals surface area contributed by atoms with Gasteiger partial charge < -0.3 is 0 Å². The third-order valence-corrected chi connectivity index (χ3v) is 2.62. The van der Waals surface area contributed by atoms with E-state index in [0.29, 0.717) is 11.1 Å². The first-order valence-electron chi connectivity index (χ1n) is 5.75. The molecule has 0 saturated heterocycles. The Morgan fingerprint density at radius 1 is 1.37 bits per heavy atom. The van der Waals surface area contributed by atoms with E-state index in [-0.39, 0.29) is 16.5 Å². The van der Waals surface area contributed by atoms with E-state index in [1.807, 2.05) is 13.8 Å². The highest BCUT2D eigenvalue weighted by Crippen LogP contribution is 2.26. The van der Waals surface area contributed by atoms with E-state index in [1.54, 1.807) is 12.1 Å². The lowest BCUT2D eigenvalue weighted by atomic mass is 9.99. The second-order valence-corrected chi connectivity index (χ2v) is 4.32. The molecular weight excluding hydrogens is 246 g/mol. The van der Waals surface area contributed by atoms with Crippen molar-refractivity contribution in [2.24, 2.45) is 5.10 Å². The third kappa shape index (κ3) is 3.01. The highest BCUT2D eigenvalue weighted by atomic mass is 16.6. The van der Waals surface area contributed by atoms with Crippen LogP contribution in [0.4, 0.5) is 5.69 Å². The zero-order valence-corrected chi connectivity index (χ0v) is 10.6. The fraction of sp³-hybridized carbons (Fsp3) is 0.250. The number of nitro groups is 1. The van der Waals surface area contributed by atoms with Crippen LogP contribution in [0.1, 0.15) is 30.9 Å². The van der Waals surface area contributed by atoms with E-state index in [0.717, 1.165) is 0 Å². The molecule has 2 aromatic rings. The number of hydrogen-bond donors (Lipinski definition) is 0. The van der Waals surface area contributed by atoms with E-state index in [4.69, 9.17) is 0 Å². The molecule has 0 aliphatic heterocycles. The Bertz CT molecular complexity index is 605. The fourth-order valence-corrected chi connectivity index (χ4v) is 1.68. The van der Waals surface area contributed by atoms with Crippen LogP contribution in [0, 0.1) is 10.1 Å². The molecule has 98 valence electrons. The summed E-state index contributed by atoms with van der Waals surface area (Å²) >= 11 is 0. The Morgan fingerprint density at radius 3 is 2.63 bits per heavy atom. The first kappa shape index (κ1) is 12.9. The topological polar surface area (TPSA) is 86.2 Å². The summed E-state index contributed by atoms with van der Waals surface area (Å²) in [5, 5.41) is 22.3. The van der Waals surface area contributed by atoms with Gasteiger partial charge in [0.25, 0.3) is 5.69 Å². The minimum absolute atomic E-state index is 0.101. The average Bonchev–Trinajstić information content (AvgIpc) is 2.88. The summed E-state index contributed by atoms with van der Waals surface area (Å²) in [6.07, 6.45) is 4.40. The van der Waals surface area contributed by atoms with Gasteiger partial charge in [0.15, 0.2) is 0 Å². The summed E-state index contributed by atoms with van der Waals surface area (Å²) in [6, 6.07) is 5.08. The number of aromatic nitrogens is 3. The molecule has 1 aromatic heterocycles. The third-order valence-electron chi connectivity index (χ3n) is 2.62. The molecule has 19 heavy (non-hydrogen) atoms. The molecule has 2 rings (SSSR count). The van der Waals surface area contributed by atoms with E-state index < -0.39 is 0 Å². The summed E-state index contributed by atoms with van der Waals surface area (Å²) in [5.74, 6) is 0.101. The molecule has 0 aliphatic rings. The monoisotopic (exact) mass is 259 g/mol. The van der Waals surface area contributed by atoms with Crippen molar-refractivity contribution >= 4 is 11.9 Å². The second kappa shape index (κ2) is 5.38. The number of nitro benzene ring substituents is 1. The lowest BCUT2D eigenvalue weighted by molar-refractivity contribution is -0.385. The molecule has 0 spiro atoms. The van der Waals surface area contributed by atoms with Crippen LogP contribution >= 0.6 is 0 Å². The molecule has 7 nitrogen and oxygen atoms in total. The standard InChI is InChI=1S/C12H13N5O2/c1-9(2)11-4-3-10(5-12(11)17(18)19)6-15-16-7-13-14-8-16/h3-9H,1-2H3.